The van der Waals surface area contributed by atoms with Crippen LogP contribution in [0.5, 0.6) is 0 Å². The Balaban J connectivity index is 3.07. The van der Waals surface area contributed by atoms with E-state index in [0.717, 1.165) is 38.7 Å². The average Bonchev–Trinajstić information content (AvgIpc) is 2.39. The second-order valence-electron chi connectivity index (χ2n) is 3.84. The molecule has 0 atom stereocenters. The lowest BCUT2D eigenvalue weighted by atomic mass is 10.1. The van der Waals surface area contributed by atoms with E-state index in [2.05, 4.69) is 9.78 Å². The lowest BCUT2D eigenvalue weighted by molar-refractivity contribution is -0.268. The number of carbonyl (C=O) groups is 2. The minimum Gasteiger partial charge on any atom is -0.382 e. The fourth-order valence-electron chi connectivity index (χ4n) is 1.27. The van der Waals surface area contributed by atoms with E-state index in [-0.39, 0.29) is 6.61 Å². The monoisotopic (exact) mass is 296 g/mol. The Bertz CT molecular complexity index is 246. The molecule has 0 aromatic heterocycles. The van der Waals surface area contributed by atoms with Crippen LogP contribution in [-0.4, -0.2) is 44.7 Å². The van der Waals surface area contributed by atoms with Crippen LogP contribution in [0.4, 0.5) is 0 Å². The maximum absolute atomic E-state index is 10.6. The van der Waals surface area contributed by atoms with Gasteiger partial charge in [-0.15, -0.1) is 0 Å². The number of rotatable bonds is 13. The molecule has 0 aliphatic heterocycles. The molecule has 0 saturated heterocycles. The second kappa shape index (κ2) is 13.7. The van der Waals surface area contributed by atoms with Gasteiger partial charge in [-0.1, -0.05) is 19.3 Å². The largest absolute Gasteiger partial charge is 0.424 e. The van der Waals surface area contributed by atoms with Gasteiger partial charge in [0.25, 0.3) is 0 Å². The Morgan fingerprint density at radius 3 is 2.16 bits per heavy atom. The van der Waals surface area contributed by atoms with Gasteiger partial charge in [0.1, 0.15) is 0 Å². The van der Waals surface area contributed by atoms with E-state index in [1.807, 2.05) is 0 Å². The summed E-state index contributed by atoms with van der Waals surface area (Å²) in [5, 5.41) is -1.19. The Labute approximate surface area is 118 Å². The number of carbonyl (C=O) groups excluding carboxylic acids is 2. The van der Waals surface area contributed by atoms with Crippen LogP contribution in [0, 0.1) is 0 Å². The minimum atomic E-state index is -1.19. The molecule has 0 bridgehead atoms. The van der Waals surface area contributed by atoms with Crippen molar-refractivity contribution in [2.75, 3.05) is 33.5 Å². The Hall–Kier alpha value is -0.690. The number of methoxy groups -OCH3 is 1. The van der Waals surface area contributed by atoms with E-state index in [0.29, 0.717) is 13.2 Å². The summed E-state index contributed by atoms with van der Waals surface area (Å²) in [6.45, 7) is 2.27. The predicted octanol–water partition coefficient (Wildman–Crippen LogP) is 1.84. The van der Waals surface area contributed by atoms with E-state index in [9.17, 15) is 9.59 Å². The van der Waals surface area contributed by atoms with E-state index in [1.165, 1.54) is 0 Å². The molecule has 0 heterocycles. The first-order chi connectivity index (χ1) is 9.18. The molecule has 112 valence electrons. The van der Waals surface area contributed by atoms with E-state index >= 15 is 0 Å². The maximum atomic E-state index is 10.6. The average molecular weight is 297 g/mol. The summed E-state index contributed by atoms with van der Waals surface area (Å²) in [6, 6.07) is 0. The van der Waals surface area contributed by atoms with Crippen LogP contribution in [0.1, 0.15) is 32.1 Å². The molecule has 0 N–H and O–H groups in total. The fraction of sp³-hybridized carbons (Fsp3) is 0.833. The smallest absolute Gasteiger partial charge is 0.382 e. The van der Waals surface area contributed by atoms with Crippen LogP contribution < -0.4 is 0 Å². The first-order valence-electron chi connectivity index (χ1n) is 6.28. The summed E-state index contributed by atoms with van der Waals surface area (Å²) in [7, 11) is 1.64. The SMILES string of the molecule is COCCOCCCCCCCOOC(=O)C(=O)Cl. The molecule has 0 aromatic rings. The van der Waals surface area contributed by atoms with Crippen molar-refractivity contribution in [2.24, 2.45) is 0 Å². The van der Waals surface area contributed by atoms with Crippen LogP contribution in [0.3, 0.4) is 0 Å². The number of hydrogen-bond acceptors (Lipinski definition) is 6. The quantitative estimate of drug-likeness (QED) is 0.170. The van der Waals surface area contributed by atoms with Crippen molar-refractivity contribution < 1.29 is 28.8 Å². The van der Waals surface area contributed by atoms with E-state index in [1.54, 1.807) is 7.11 Å². The summed E-state index contributed by atoms with van der Waals surface area (Å²) in [5.41, 5.74) is 0. The maximum Gasteiger partial charge on any atom is 0.424 e. The summed E-state index contributed by atoms with van der Waals surface area (Å²) < 4.78 is 10.2. The fourth-order valence-corrected chi connectivity index (χ4v) is 1.30. The zero-order valence-electron chi connectivity index (χ0n) is 11.2. The minimum absolute atomic E-state index is 0.264. The third-order valence-electron chi connectivity index (χ3n) is 2.24. The standard InChI is InChI=1S/C12H21ClO6/c1-16-9-10-17-7-5-3-2-4-6-8-18-19-12(15)11(13)14/h2-10H2,1H3. The first kappa shape index (κ1) is 18.3. The van der Waals surface area contributed by atoms with Crippen molar-refractivity contribution in [3.63, 3.8) is 0 Å². The summed E-state index contributed by atoms with van der Waals surface area (Å²) in [5.74, 6) is -1.19. The van der Waals surface area contributed by atoms with Gasteiger partial charge < -0.3 is 9.47 Å². The highest BCUT2D eigenvalue weighted by molar-refractivity contribution is 6.80. The molecule has 0 fully saturated rings. The summed E-state index contributed by atoms with van der Waals surface area (Å²) in [4.78, 5) is 29.5. The second-order valence-corrected chi connectivity index (χ2v) is 4.18. The van der Waals surface area contributed by atoms with Crippen molar-refractivity contribution in [1.29, 1.82) is 0 Å². The van der Waals surface area contributed by atoms with Crippen LogP contribution in [-0.2, 0) is 28.8 Å². The number of ether oxygens (including phenoxy) is 2. The van der Waals surface area contributed by atoms with Crippen LogP contribution in [0.25, 0.3) is 0 Å². The third kappa shape index (κ3) is 13.5. The van der Waals surface area contributed by atoms with Gasteiger partial charge >= 0.3 is 11.2 Å². The summed E-state index contributed by atoms with van der Waals surface area (Å²) >= 11 is 4.86. The van der Waals surface area contributed by atoms with Gasteiger partial charge in [0, 0.05) is 13.7 Å². The molecule has 6 nitrogen and oxygen atoms in total. The number of halogens is 1. The number of hydrogen-bond donors (Lipinski definition) is 0. The van der Waals surface area contributed by atoms with Crippen LogP contribution in [0.15, 0.2) is 0 Å². The molecule has 0 spiro atoms. The molecule has 0 aliphatic carbocycles. The Kier molecular flexibility index (Phi) is 13.2. The highest BCUT2D eigenvalue weighted by Gasteiger charge is 2.12. The zero-order valence-corrected chi connectivity index (χ0v) is 11.9. The third-order valence-corrected chi connectivity index (χ3v) is 2.40. The van der Waals surface area contributed by atoms with Crippen molar-refractivity contribution in [2.45, 2.75) is 32.1 Å². The van der Waals surface area contributed by atoms with Crippen LogP contribution >= 0.6 is 11.6 Å². The molecule has 0 saturated carbocycles. The molecule has 0 unspecified atom stereocenters. The highest BCUT2D eigenvalue weighted by Crippen LogP contribution is 2.03. The number of unbranched alkanes of at least 4 members (excludes halogenated alkanes) is 4. The molecule has 0 aliphatic rings. The van der Waals surface area contributed by atoms with Gasteiger partial charge in [-0.25, -0.2) is 4.79 Å². The molecular formula is C12H21ClO6. The van der Waals surface area contributed by atoms with Gasteiger partial charge in [0.05, 0.1) is 19.8 Å². The molecular weight excluding hydrogens is 276 g/mol. The van der Waals surface area contributed by atoms with Gasteiger partial charge in [-0.3, -0.25) is 9.68 Å². The van der Waals surface area contributed by atoms with Crippen molar-refractivity contribution in [1.82, 2.24) is 0 Å². The molecule has 0 aromatic carbocycles. The van der Waals surface area contributed by atoms with Gasteiger partial charge in [-0.05, 0) is 24.4 Å². The molecule has 7 heteroatoms. The first-order valence-corrected chi connectivity index (χ1v) is 6.66. The van der Waals surface area contributed by atoms with E-state index in [4.69, 9.17) is 21.1 Å². The predicted molar refractivity (Wildman–Crippen MR) is 68.7 cm³/mol. The van der Waals surface area contributed by atoms with Gasteiger partial charge in [0.2, 0.25) is 0 Å². The van der Waals surface area contributed by atoms with Crippen molar-refractivity contribution >= 4 is 22.8 Å². The zero-order chi connectivity index (χ0) is 14.3. The van der Waals surface area contributed by atoms with Crippen molar-refractivity contribution in [3.8, 4) is 0 Å². The molecule has 0 amide bonds. The lowest BCUT2D eigenvalue weighted by Gasteiger charge is -2.04. The molecule has 0 rings (SSSR count). The Morgan fingerprint density at radius 1 is 0.895 bits per heavy atom. The van der Waals surface area contributed by atoms with Gasteiger partial charge in [0.15, 0.2) is 0 Å². The summed E-state index contributed by atoms with van der Waals surface area (Å²) in [6.07, 6.45) is 4.87. The topological polar surface area (TPSA) is 71.1 Å². The normalized spacial score (nSPS) is 10.4. The highest BCUT2D eigenvalue weighted by atomic mass is 35.5. The Morgan fingerprint density at radius 2 is 1.53 bits per heavy atom. The van der Waals surface area contributed by atoms with Gasteiger partial charge in [-0.2, -0.15) is 4.89 Å². The van der Waals surface area contributed by atoms with Crippen LogP contribution in [0.2, 0.25) is 0 Å². The molecule has 0 radical (unpaired) electrons. The van der Waals surface area contributed by atoms with Crippen molar-refractivity contribution in [3.05, 3.63) is 0 Å². The van der Waals surface area contributed by atoms with E-state index < -0.39 is 11.2 Å². The lowest BCUT2D eigenvalue weighted by Crippen LogP contribution is -2.12. The molecule has 19 heavy (non-hydrogen) atoms.